The van der Waals surface area contributed by atoms with Crippen LogP contribution >= 0.6 is 0 Å². The number of hydrogen-bond donors (Lipinski definition) is 1. The van der Waals surface area contributed by atoms with Gasteiger partial charge in [0.25, 0.3) is 0 Å². The molecule has 0 amide bonds. The Kier molecular flexibility index (Phi) is 5.63. The van der Waals surface area contributed by atoms with Crippen molar-refractivity contribution in [2.75, 3.05) is 24.3 Å². The zero-order valence-corrected chi connectivity index (χ0v) is 16.6. The number of benzene rings is 1. The largest absolute Gasteiger partial charge is 0.492 e. The summed E-state index contributed by atoms with van der Waals surface area (Å²) in [5.74, 6) is 1.56. The molecule has 8 heteroatoms. The predicted molar refractivity (Wildman–Crippen MR) is 111 cm³/mol. The lowest BCUT2D eigenvalue weighted by Gasteiger charge is -2.20. The summed E-state index contributed by atoms with van der Waals surface area (Å²) in [5.41, 5.74) is 9.13. The molecular formula is C21H23N5O3. The molecule has 0 unspecified atom stereocenters. The summed E-state index contributed by atoms with van der Waals surface area (Å²) >= 11 is 0. The minimum Gasteiger partial charge on any atom is -0.492 e. The van der Waals surface area contributed by atoms with E-state index in [2.05, 4.69) is 28.8 Å². The Morgan fingerprint density at radius 3 is 2.59 bits per heavy atom. The van der Waals surface area contributed by atoms with Gasteiger partial charge >= 0.3 is 6.01 Å². The number of nitrogens with zero attached hydrogens (tertiary/aromatic N) is 4. The van der Waals surface area contributed by atoms with E-state index >= 15 is 0 Å². The third kappa shape index (κ3) is 3.96. The fourth-order valence-corrected chi connectivity index (χ4v) is 3.16. The molecule has 0 atom stereocenters. The normalized spacial score (nSPS) is 13.5. The highest BCUT2D eigenvalue weighted by Crippen LogP contribution is 2.45. The van der Waals surface area contributed by atoms with Crippen molar-refractivity contribution >= 4 is 23.9 Å². The molecule has 0 radical (unpaired) electrons. The lowest BCUT2D eigenvalue weighted by atomic mass is 9.86. The van der Waals surface area contributed by atoms with Gasteiger partial charge in [0.2, 0.25) is 0 Å². The van der Waals surface area contributed by atoms with E-state index in [-0.39, 0.29) is 11.4 Å². The van der Waals surface area contributed by atoms with Gasteiger partial charge in [0, 0.05) is 24.2 Å². The molecule has 4 rings (SSSR count). The van der Waals surface area contributed by atoms with Gasteiger partial charge in [0.1, 0.15) is 18.3 Å². The molecule has 2 N–H and O–H groups in total. The van der Waals surface area contributed by atoms with Crippen LogP contribution in [0.3, 0.4) is 0 Å². The first-order chi connectivity index (χ1) is 14.0. The van der Waals surface area contributed by atoms with Crippen LogP contribution in [-0.2, 0) is 10.2 Å². The van der Waals surface area contributed by atoms with Crippen molar-refractivity contribution in [2.45, 2.75) is 19.3 Å². The monoisotopic (exact) mass is 393 g/mol. The number of fused-ring (bicyclic) bond motifs is 1. The van der Waals surface area contributed by atoms with Crippen molar-refractivity contribution in [1.82, 2.24) is 15.0 Å². The zero-order valence-electron chi connectivity index (χ0n) is 16.6. The number of anilines is 3. The molecule has 1 aliphatic rings. The fraction of sp³-hybridized carbons (Fsp3) is 0.238. The molecule has 1 aromatic carbocycles. The Morgan fingerprint density at radius 1 is 1.17 bits per heavy atom. The molecule has 8 nitrogen and oxygen atoms in total. The molecule has 0 saturated carbocycles. The van der Waals surface area contributed by atoms with Gasteiger partial charge < -0.3 is 24.9 Å². The molecule has 3 aromatic rings. The van der Waals surface area contributed by atoms with Crippen LogP contribution in [0.25, 0.3) is 0 Å². The summed E-state index contributed by atoms with van der Waals surface area (Å²) in [6, 6.07) is 7.80. The van der Waals surface area contributed by atoms with Crippen molar-refractivity contribution in [2.24, 2.45) is 0 Å². The Hall–Kier alpha value is -3.68. The summed E-state index contributed by atoms with van der Waals surface area (Å²) in [6.07, 6.45) is 6.75. The van der Waals surface area contributed by atoms with Crippen LogP contribution in [0, 0.1) is 0 Å². The van der Waals surface area contributed by atoms with E-state index in [0.29, 0.717) is 18.0 Å². The maximum absolute atomic E-state index is 8.00. The highest BCUT2D eigenvalue weighted by atomic mass is 16.5. The Morgan fingerprint density at radius 2 is 1.90 bits per heavy atom. The van der Waals surface area contributed by atoms with Gasteiger partial charge in [-0.25, -0.2) is 9.97 Å². The van der Waals surface area contributed by atoms with E-state index in [4.69, 9.17) is 20.0 Å². The first-order valence-corrected chi connectivity index (χ1v) is 8.94. The average Bonchev–Trinajstić information content (AvgIpc) is 3.06. The van der Waals surface area contributed by atoms with E-state index in [0.717, 1.165) is 22.7 Å². The summed E-state index contributed by atoms with van der Waals surface area (Å²) < 4.78 is 11.7. The highest BCUT2D eigenvalue weighted by molar-refractivity contribution is 5.72. The summed E-state index contributed by atoms with van der Waals surface area (Å²) in [6.45, 7) is 6.88. The second kappa shape index (κ2) is 8.14. The van der Waals surface area contributed by atoms with Crippen LogP contribution in [-0.4, -0.2) is 35.4 Å². The lowest BCUT2D eigenvalue weighted by Crippen LogP contribution is -2.19. The van der Waals surface area contributed by atoms with Gasteiger partial charge in [0.05, 0.1) is 42.3 Å². The highest BCUT2D eigenvalue weighted by Gasteiger charge is 2.35. The molecule has 2 aromatic heterocycles. The molecular weight excluding hydrogens is 370 g/mol. The number of ether oxygens (including phenoxy) is 2. The van der Waals surface area contributed by atoms with Crippen LogP contribution in [0.4, 0.5) is 17.1 Å². The lowest BCUT2D eigenvalue weighted by molar-refractivity contribution is -0.0979. The smallest absolute Gasteiger partial charge is 0.322 e. The van der Waals surface area contributed by atoms with Crippen molar-refractivity contribution in [1.29, 1.82) is 0 Å². The summed E-state index contributed by atoms with van der Waals surface area (Å²) in [7, 11) is 1.89. The van der Waals surface area contributed by atoms with E-state index in [1.54, 1.807) is 30.9 Å². The maximum Gasteiger partial charge on any atom is 0.322 e. The van der Waals surface area contributed by atoms with Crippen molar-refractivity contribution in [3.63, 3.8) is 0 Å². The third-order valence-electron chi connectivity index (χ3n) is 4.65. The molecule has 3 heterocycles. The minimum absolute atomic E-state index is 0.121. The Balaban J connectivity index is 0.00000117. The molecule has 0 aliphatic carbocycles. The van der Waals surface area contributed by atoms with E-state index in [1.165, 1.54) is 0 Å². The van der Waals surface area contributed by atoms with Gasteiger partial charge in [-0.2, -0.15) is 0 Å². The van der Waals surface area contributed by atoms with Gasteiger partial charge in [-0.15, -0.1) is 0 Å². The zero-order chi connectivity index (χ0) is 21.0. The van der Waals surface area contributed by atoms with Crippen LogP contribution in [0.2, 0.25) is 0 Å². The number of hydrogen-bond acceptors (Lipinski definition) is 8. The third-order valence-corrected chi connectivity index (χ3v) is 4.65. The molecule has 0 saturated heterocycles. The number of carbonyl (C=O) groups is 1. The quantitative estimate of drug-likeness (QED) is 0.718. The predicted octanol–water partition coefficient (Wildman–Crippen LogP) is 3.50. The van der Waals surface area contributed by atoms with E-state index in [1.807, 2.05) is 36.9 Å². The molecule has 0 bridgehead atoms. The summed E-state index contributed by atoms with van der Waals surface area (Å²) in [4.78, 5) is 22.7. The average molecular weight is 393 g/mol. The molecule has 0 fully saturated rings. The molecule has 1 aliphatic heterocycles. The van der Waals surface area contributed by atoms with Crippen molar-refractivity contribution < 1.29 is 14.3 Å². The number of pyridine rings is 1. The maximum atomic E-state index is 8.00. The SMILES string of the molecule is C=O.CN(c1cnc(Oc2cccc3c2C(C)(C)CO3)nc1)c1cnccc1N. The number of rotatable bonds is 4. The first kappa shape index (κ1) is 20.1. The number of nitrogens with two attached hydrogens (primary N) is 1. The Labute approximate surface area is 169 Å². The van der Waals surface area contributed by atoms with E-state index < -0.39 is 0 Å². The van der Waals surface area contributed by atoms with Crippen LogP contribution in [0.5, 0.6) is 17.5 Å². The number of carbonyl (C=O) groups excluding carboxylic acids is 1. The Bertz CT molecular complexity index is 992. The van der Waals surface area contributed by atoms with Crippen LogP contribution < -0.4 is 20.1 Å². The topological polar surface area (TPSA) is 103 Å². The molecule has 0 spiro atoms. The van der Waals surface area contributed by atoms with Crippen molar-refractivity contribution in [3.05, 3.63) is 54.6 Å². The van der Waals surface area contributed by atoms with Crippen LogP contribution in [0.15, 0.2) is 49.1 Å². The van der Waals surface area contributed by atoms with Gasteiger partial charge in [-0.05, 0) is 18.2 Å². The van der Waals surface area contributed by atoms with Crippen LogP contribution in [0.1, 0.15) is 19.4 Å². The van der Waals surface area contributed by atoms with Gasteiger partial charge in [-0.3, -0.25) is 4.98 Å². The molecule has 29 heavy (non-hydrogen) atoms. The van der Waals surface area contributed by atoms with Gasteiger partial charge in [-0.1, -0.05) is 19.9 Å². The summed E-state index contributed by atoms with van der Waals surface area (Å²) in [5, 5.41) is 0. The second-order valence-corrected chi connectivity index (χ2v) is 7.12. The van der Waals surface area contributed by atoms with Gasteiger partial charge in [0.15, 0.2) is 0 Å². The second-order valence-electron chi connectivity index (χ2n) is 7.12. The van der Waals surface area contributed by atoms with E-state index in [9.17, 15) is 0 Å². The number of aromatic nitrogens is 3. The van der Waals surface area contributed by atoms with Crippen molar-refractivity contribution in [3.8, 4) is 17.5 Å². The molecule has 150 valence electrons. The first-order valence-electron chi connectivity index (χ1n) is 8.94. The number of nitrogen functional groups attached to an aromatic ring is 1. The standard InChI is InChI=1S/C20H21N5O2.CH2O/c1-20(2)12-26-16-5-4-6-17(18(16)20)27-19-23-9-13(10-24-19)25(3)15-11-22-8-7-14(15)21;1-2/h4-11H,12H2,1-3H3,(H2,21,22);1H2. The minimum atomic E-state index is -0.121. The fourth-order valence-electron chi connectivity index (χ4n) is 3.16.